The third-order valence-electron chi connectivity index (χ3n) is 3.75. The number of nitrogens with zero attached hydrogens (tertiary/aromatic N) is 1. The number of benzene rings is 1. The van der Waals surface area contributed by atoms with Gasteiger partial charge in [-0.05, 0) is 57.9 Å². The molecule has 1 fully saturated rings. The van der Waals surface area contributed by atoms with Crippen LogP contribution in [0.1, 0.15) is 33.6 Å². The molecule has 1 saturated heterocycles. The normalized spacial score (nSPS) is 18.3. The Morgan fingerprint density at radius 1 is 1.00 bits per heavy atom. The van der Waals surface area contributed by atoms with Crippen LogP contribution >= 0.6 is 0 Å². The van der Waals surface area contributed by atoms with Crippen molar-refractivity contribution in [3.63, 3.8) is 0 Å². The molecule has 0 unspecified atom stereocenters. The maximum absolute atomic E-state index is 6.03. The average molecular weight is 263 g/mol. The first-order valence-electron chi connectivity index (χ1n) is 7.05. The van der Waals surface area contributed by atoms with Gasteiger partial charge in [0, 0.05) is 18.6 Å². The summed E-state index contributed by atoms with van der Waals surface area (Å²) in [5.74, 6) is 1.81. The molecule has 3 nitrogen and oxygen atoms in total. The van der Waals surface area contributed by atoms with Crippen molar-refractivity contribution in [2.24, 2.45) is 0 Å². The lowest BCUT2D eigenvalue weighted by atomic mass is 9.99. The highest BCUT2D eigenvalue weighted by molar-refractivity contribution is 5.31. The van der Waals surface area contributed by atoms with E-state index in [1.54, 1.807) is 7.11 Å². The van der Waals surface area contributed by atoms with Gasteiger partial charge in [-0.1, -0.05) is 0 Å². The van der Waals surface area contributed by atoms with Crippen LogP contribution in [0.2, 0.25) is 0 Å². The van der Waals surface area contributed by atoms with Gasteiger partial charge in [0.05, 0.1) is 7.11 Å². The van der Waals surface area contributed by atoms with Gasteiger partial charge < -0.3 is 9.47 Å². The lowest BCUT2D eigenvalue weighted by Gasteiger charge is -2.40. The molecule has 0 spiro atoms. The fraction of sp³-hybridized carbons (Fsp3) is 0.625. The molecule has 1 heterocycles. The Balaban J connectivity index is 1.85. The molecule has 0 aromatic heterocycles. The molecule has 2 rings (SSSR count). The van der Waals surface area contributed by atoms with Crippen LogP contribution in [0, 0.1) is 0 Å². The van der Waals surface area contributed by atoms with E-state index in [1.807, 2.05) is 24.3 Å². The summed E-state index contributed by atoms with van der Waals surface area (Å²) in [6.07, 6.45) is 2.54. The van der Waals surface area contributed by atoms with E-state index in [9.17, 15) is 0 Å². The van der Waals surface area contributed by atoms with Gasteiger partial charge >= 0.3 is 0 Å². The highest BCUT2D eigenvalue weighted by Crippen LogP contribution is 2.24. The van der Waals surface area contributed by atoms with Crippen molar-refractivity contribution in [3.05, 3.63) is 24.3 Å². The van der Waals surface area contributed by atoms with E-state index in [0.717, 1.165) is 37.4 Å². The van der Waals surface area contributed by atoms with Crippen molar-refractivity contribution in [2.45, 2.75) is 45.3 Å². The van der Waals surface area contributed by atoms with Crippen LogP contribution in [-0.2, 0) is 0 Å². The second-order valence-corrected chi connectivity index (χ2v) is 6.15. The van der Waals surface area contributed by atoms with E-state index in [1.165, 1.54) is 0 Å². The summed E-state index contributed by atoms with van der Waals surface area (Å²) in [7, 11) is 1.68. The third-order valence-corrected chi connectivity index (χ3v) is 3.75. The molecule has 19 heavy (non-hydrogen) atoms. The number of likely N-dealkylation sites (tertiary alicyclic amines) is 1. The van der Waals surface area contributed by atoms with E-state index < -0.39 is 0 Å². The first-order chi connectivity index (χ1) is 8.99. The number of methoxy groups -OCH3 is 1. The Hall–Kier alpha value is -1.22. The van der Waals surface area contributed by atoms with Crippen molar-refractivity contribution >= 4 is 0 Å². The molecule has 0 radical (unpaired) electrons. The van der Waals surface area contributed by atoms with Crippen LogP contribution in [0.5, 0.6) is 11.5 Å². The molecule has 0 atom stereocenters. The van der Waals surface area contributed by atoms with Crippen LogP contribution in [-0.4, -0.2) is 36.7 Å². The Morgan fingerprint density at radius 2 is 1.53 bits per heavy atom. The second-order valence-electron chi connectivity index (χ2n) is 6.15. The molecule has 106 valence electrons. The summed E-state index contributed by atoms with van der Waals surface area (Å²) >= 11 is 0. The largest absolute Gasteiger partial charge is 0.497 e. The van der Waals surface area contributed by atoms with Crippen LogP contribution in [0.15, 0.2) is 24.3 Å². The number of rotatable bonds is 3. The lowest BCUT2D eigenvalue weighted by Crippen LogP contribution is -2.48. The molecular formula is C16H25NO2. The van der Waals surface area contributed by atoms with Gasteiger partial charge in [-0.3, -0.25) is 4.90 Å². The maximum Gasteiger partial charge on any atom is 0.119 e. The summed E-state index contributed by atoms with van der Waals surface area (Å²) in [5, 5.41) is 0. The SMILES string of the molecule is COc1ccc(OC2CCN(C(C)(C)C)CC2)cc1. The molecular weight excluding hydrogens is 238 g/mol. The quantitative estimate of drug-likeness (QED) is 0.835. The smallest absolute Gasteiger partial charge is 0.119 e. The van der Waals surface area contributed by atoms with E-state index in [0.29, 0.717) is 6.10 Å². The van der Waals surface area contributed by atoms with Crippen molar-refractivity contribution in [1.29, 1.82) is 0 Å². The molecule has 3 heteroatoms. The van der Waals surface area contributed by atoms with Crippen molar-refractivity contribution in [3.8, 4) is 11.5 Å². The Kier molecular flexibility index (Phi) is 4.35. The highest BCUT2D eigenvalue weighted by Gasteiger charge is 2.27. The fourth-order valence-corrected chi connectivity index (χ4v) is 2.49. The average Bonchev–Trinajstić information content (AvgIpc) is 2.39. The second kappa shape index (κ2) is 5.83. The van der Waals surface area contributed by atoms with Crippen molar-refractivity contribution in [1.82, 2.24) is 4.90 Å². The monoisotopic (exact) mass is 263 g/mol. The predicted octanol–water partition coefficient (Wildman–Crippen LogP) is 3.34. The first kappa shape index (κ1) is 14.2. The lowest BCUT2D eigenvalue weighted by molar-refractivity contribution is 0.0491. The van der Waals surface area contributed by atoms with E-state index >= 15 is 0 Å². The summed E-state index contributed by atoms with van der Waals surface area (Å²) in [5.41, 5.74) is 0.269. The summed E-state index contributed by atoms with van der Waals surface area (Å²) in [6.45, 7) is 9.06. The van der Waals surface area contributed by atoms with Crippen LogP contribution in [0.4, 0.5) is 0 Å². The standard InChI is InChI=1S/C16H25NO2/c1-16(2,3)17-11-9-15(10-12-17)19-14-7-5-13(18-4)6-8-14/h5-8,15H,9-12H2,1-4H3. The zero-order chi connectivity index (χ0) is 13.9. The van der Waals surface area contributed by atoms with Gasteiger partial charge in [-0.25, -0.2) is 0 Å². The molecule has 0 amide bonds. The van der Waals surface area contributed by atoms with Gasteiger partial charge in [-0.2, -0.15) is 0 Å². The zero-order valence-corrected chi connectivity index (χ0v) is 12.5. The summed E-state index contributed by atoms with van der Waals surface area (Å²) in [4.78, 5) is 2.53. The minimum Gasteiger partial charge on any atom is -0.497 e. The van der Waals surface area contributed by atoms with Crippen LogP contribution in [0.3, 0.4) is 0 Å². The molecule has 0 saturated carbocycles. The van der Waals surface area contributed by atoms with Crippen LogP contribution < -0.4 is 9.47 Å². The molecule has 1 aromatic rings. The topological polar surface area (TPSA) is 21.7 Å². The minimum atomic E-state index is 0.269. The number of piperidine rings is 1. The Morgan fingerprint density at radius 3 is 2.00 bits per heavy atom. The van der Waals surface area contributed by atoms with Gasteiger partial charge in [-0.15, -0.1) is 0 Å². The van der Waals surface area contributed by atoms with Gasteiger partial charge in [0.25, 0.3) is 0 Å². The zero-order valence-electron chi connectivity index (χ0n) is 12.5. The summed E-state index contributed by atoms with van der Waals surface area (Å²) in [6, 6.07) is 7.85. The van der Waals surface area contributed by atoms with Crippen molar-refractivity contribution < 1.29 is 9.47 Å². The minimum absolute atomic E-state index is 0.269. The summed E-state index contributed by atoms with van der Waals surface area (Å²) < 4.78 is 11.2. The van der Waals surface area contributed by atoms with Crippen LogP contribution in [0.25, 0.3) is 0 Å². The molecule has 0 N–H and O–H groups in total. The number of ether oxygens (including phenoxy) is 2. The molecule has 1 aliphatic heterocycles. The van der Waals surface area contributed by atoms with E-state index in [-0.39, 0.29) is 5.54 Å². The number of hydrogen-bond donors (Lipinski definition) is 0. The Labute approximate surface area is 116 Å². The molecule has 0 bridgehead atoms. The predicted molar refractivity (Wildman–Crippen MR) is 78.0 cm³/mol. The van der Waals surface area contributed by atoms with Gasteiger partial charge in [0.2, 0.25) is 0 Å². The number of hydrogen-bond acceptors (Lipinski definition) is 3. The fourth-order valence-electron chi connectivity index (χ4n) is 2.49. The van der Waals surface area contributed by atoms with E-state index in [2.05, 4.69) is 25.7 Å². The maximum atomic E-state index is 6.03. The molecule has 1 aliphatic rings. The van der Waals surface area contributed by atoms with Gasteiger partial charge in [0.15, 0.2) is 0 Å². The third kappa shape index (κ3) is 3.87. The van der Waals surface area contributed by atoms with Crippen molar-refractivity contribution in [2.75, 3.05) is 20.2 Å². The first-order valence-corrected chi connectivity index (χ1v) is 7.05. The highest BCUT2D eigenvalue weighted by atomic mass is 16.5. The molecule has 0 aliphatic carbocycles. The molecule has 1 aromatic carbocycles. The van der Waals surface area contributed by atoms with E-state index in [4.69, 9.17) is 9.47 Å². The van der Waals surface area contributed by atoms with Gasteiger partial charge in [0.1, 0.15) is 17.6 Å². The Bertz CT molecular complexity index is 386.